The maximum absolute atomic E-state index is 12.0. The maximum Gasteiger partial charge on any atom is 0.331 e. The molecule has 1 aromatic heterocycles. The second-order valence-electron chi connectivity index (χ2n) is 4.94. The number of aromatic nitrogens is 2. The van der Waals surface area contributed by atoms with E-state index < -0.39 is 11.2 Å². The average Bonchev–Trinajstić information content (AvgIpc) is 2.36. The molecule has 0 unspecified atom stereocenters. The van der Waals surface area contributed by atoms with Crippen molar-refractivity contribution in [2.45, 2.75) is 20.4 Å². The lowest BCUT2D eigenvalue weighted by molar-refractivity contribution is 0.378. The van der Waals surface area contributed by atoms with Crippen LogP contribution in [-0.2, 0) is 6.54 Å². The van der Waals surface area contributed by atoms with E-state index in [4.69, 9.17) is 0 Å². The number of aromatic amines is 1. The van der Waals surface area contributed by atoms with Crippen molar-refractivity contribution in [1.82, 2.24) is 9.55 Å². The zero-order valence-corrected chi connectivity index (χ0v) is 12.8. The molecule has 106 valence electrons. The highest BCUT2D eigenvalue weighted by molar-refractivity contribution is 9.10. The normalized spacial score (nSPS) is 11.0. The average molecular weight is 339 g/mol. The van der Waals surface area contributed by atoms with Crippen molar-refractivity contribution in [2.24, 2.45) is 5.92 Å². The van der Waals surface area contributed by atoms with Crippen LogP contribution >= 0.6 is 15.9 Å². The van der Waals surface area contributed by atoms with Gasteiger partial charge in [0, 0.05) is 16.6 Å². The lowest BCUT2D eigenvalue weighted by atomic mass is 10.1. The molecule has 0 atom stereocenters. The summed E-state index contributed by atoms with van der Waals surface area (Å²) in [4.78, 5) is 26.1. The zero-order valence-electron chi connectivity index (χ0n) is 11.2. The Hall–Kier alpha value is -1.82. The summed E-state index contributed by atoms with van der Waals surface area (Å²) in [5.41, 5.74) is -0.558. The van der Waals surface area contributed by atoms with Gasteiger partial charge in [0.05, 0.1) is 0 Å². The Labute approximate surface area is 124 Å². The van der Waals surface area contributed by atoms with E-state index in [1.165, 1.54) is 4.57 Å². The molecule has 0 saturated heterocycles. The molecule has 0 amide bonds. The number of H-pyrrole nitrogens is 1. The van der Waals surface area contributed by atoms with Gasteiger partial charge in [-0.15, -0.1) is 0 Å². The summed E-state index contributed by atoms with van der Waals surface area (Å²) in [5.74, 6) is -0.143. The van der Waals surface area contributed by atoms with Crippen LogP contribution in [0.15, 0.2) is 38.3 Å². The number of benzene rings is 1. The van der Waals surface area contributed by atoms with Gasteiger partial charge in [-0.1, -0.05) is 48.0 Å². The third-order valence-electron chi connectivity index (χ3n) is 2.86. The van der Waals surface area contributed by atoms with Crippen LogP contribution in [0.3, 0.4) is 0 Å². The van der Waals surface area contributed by atoms with Crippen LogP contribution in [0.1, 0.15) is 13.8 Å². The minimum Gasteiger partial charge on any atom is -0.494 e. The Morgan fingerprint density at radius 1 is 1.30 bits per heavy atom. The van der Waals surface area contributed by atoms with Gasteiger partial charge in [0.15, 0.2) is 0 Å². The predicted octanol–water partition coefficient (Wildman–Crippen LogP) is 2.33. The van der Waals surface area contributed by atoms with Crippen molar-refractivity contribution >= 4 is 15.9 Å². The minimum absolute atomic E-state index is 0.0951. The highest BCUT2D eigenvalue weighted by atomic mass is 79.9. The van der Waals surface area contributed by atoms with Crippen LogP contribution < -0.4 is 11.2 Å². The maximum atomic E-state index is 12.0. The summed E-state index contributed by atoms with van der Waals surface area (Å²) < 4.78 is 1.86. The summed E-state index contributed by atoms with van der Waals surface area (Å²) in [5, 5.41) is 10.3. The number of rotatable bonds is 3. The van der Waals surface area contributed by atoms with E-state index in [0.29, 0.717) is 16.6 Å². The van der Waals surface area contributed by atoms with E-state index >= 15 is 0 Å². The number of aromatic hydroxyl groups is 1. The second kappa shape index (κ2) is 5.66. The summed E-state index contributed by atoms with van der Waals surface area (Å²) in [6.07, 6.45) is 0. The second-order valence-corrected chi connectivity index (χ2v) is 5.80. The molecule has 0 aliphatic carbocycles. The van der Waals surface area contributed by atoms with Gasteiger partial charge in [0.2, 0.25) is 5.88 Å². The zero-order chi connectivity index (χ0) is 14.9. The molecule has 0 radical (unpaired) electrons. The Balaban J connectivity index is 2.75. The fourth-order valence-corrected chi connectivity index (χ4v) is 2.48. The van der Waals surface area contributed by atoms with Crippen molar-refractivity contribution in [3.8, 4) is 17.0 Å². The quantitative estimate of drug-likeness (QED) is 0.901. The van der Waals surface area contributed by atoms with Crippen molar-refractivity contribution in [1.29, 1.82) is 0 Å². The smallest absolute Gasteiger partial charge is 0.331 e. The van der Waals surface area contributed by atoms with Gasteiger partial charge in [-0.25, -0.2) is 4.79 Å². The monoisotopic (exact) mass is 338 g/mol. The standard InChI is InChI=1S/C14H15BrN2O3/c1-8(2)7-17-13(19)11(12(18)16-14(17)20)9-5-3-4-6-10(9)15/h3-6,8,19H,7H2,1-2H3,(H,16,18,20). The van der Waals surface area contributed by atoms with E-state index in [1.807, 2.05) is 19.9 Å². The molecule has 0 spiro atoms. The Morgan fingerprint density at radius 2 is 1.95 bits per heavy atom. The van der Waals surface area contributed by atoms with Gasteiger partial charge in [-0.2, -0.15) is 0 Å². The third kappa shape index (κ3) is 2.70. The SMILES string of the molecule is CC(C)Cn1c(O)c(-c2ccccc2Br)c(=O)[nH]c1=O. The molecule has 2 N–H and O–H groups in total. The van der Waals surface area contributed by atoms with Gasteiger partial charge in [-0.3, -0.25) is 14.3 Å². The van der Waals surface area contributed by atoms with E-state index in [2.05, 4.69) is 20.9 Å². The molecular weight excluding hydrogens is 324 g/mol. The first-order valence-electron chi connectivity index (χ1n) is 6.22. The van der Waals surface area contributed by atoms with Crippen LogP contribution in [-0.4, -0.2) is 14.7 Å². The van der Waals surface area contributed by atoms with E-state index in [-0.39, 0.29) is 17.4 Å². The first-order chi connectivity index (χ1) is 9.41. The van der Waals surface area contributed by atoms with Crippen LogP contribution in [0.5, 0.6) is 5.88 Å². The summed E-state index contributed by atoms with van der Waals surface area (Å²) in [6.45, 7) is 4.18. The Bertz CT molecular complexity index is 747. The molecule has 6 heteroatoms. The number of nitrogens with zero attached hydrogens (tertiary/aromatic N) is 1. The lowest BCUT2D eigenvalue weighted by Gasteiger charge is -2.13. The van der Waals surface area contributed by atoms with Crippen molar-refractivity contribution in [3.63, 3.8) is 0 Å². The first kappa shape index (κ1) is 14.6. The van der Waals surface area contributed by atoms with Gasteiger partial charge < -0.3 is 5.11 Å². The summed E-state index contributed by atoms with van der Waals surface area (Å²) in [7, 11) is 0. The minimum atomic E-state index is -0.600. The van der Waals surface area contributed by atoms with Crippen LogP contribution in [0.4, 0.5) is 0 Å². The van der Waals surface area contributed by atoms with Crippen molar-refractivity contribution in [3.05, 3.63) is 49.6 Å². The number of hydrogen-bond donors (Lipinski definition) is 2. The van der Waals surface area contributed by atoms with Crippen molar-refractivity contribution < 1.29 is 5.11 Å². The van der Waals surface area contributed by atoms with Crippen LogP contribution in [0, 0.1) is 5.92 Å². The topological polar surface area (TPSA) is 75.1 Å². The van der Waals surface area contributed by atoms with Gasteiger partial charge >= 0.3 is 5.69 Å². The fourth-order valence-electron chi connectivity index (χ4n) is 2.00. The molecule has 0 bridgehead atoms. The van der Waals surface area contributed by atoms with Gasteiger partial charge in [0.25, 0.3) is 5.56 Å². The summed E-state index contributed by atoms with van der Waals surface area (Å²) >= 11 is 3.34. The largest absolute Gasteiger partial charge is 0.494 e. The highest BCUT2D eigenvalue weighted by Crippen LogP contribution is 2.30. The molecule has 1 aromatic carbocycles. The van der Waals surface area contributed by atoms with Crippen LogP contribution in [0.25, 0.3) is 11.1 Å². The number of hydrogen-bond acceptors (Lipinski definition) is 3. The number of nitrogens with one attached hydrogen (secondary N) is 1. The highest BCUT2D eigenvalue weighted by Gasteiger charge is 2.18. The molecule has 0 aliphatic heterocycles. The van der Waals surface area contributed by atoms with E-state index in [0.717, 1.165) is 0 Å². The lowest BCUT2D eigenvalue weighted by Crippen LogP contribution is -2.32. The molecule has 2 rings (SSSR count). The Kier molecular flexibility index (Phi) is 4.13. The molecule has 1 heterocycles. The third-order valence-corrected chi connectivity index (χ3v) is 3.55. The first-order valence-corrected chi connectivity index (χ1v) is 7.02. The Morgan fingerprint density at radius 3 is 2.55 bits per heavy atom. The van der Waals surface area contributed by atoms with E-state index in [9.17, 15) is 14.7 Å². The molecule has 5 nitrogen and oxygen atoms in total. The molecule has 0 aliphatic rings. The van der Waals surface area contributed by atoms with Crippen molar-refractivity contribution in [2.75, 3.05) is 0 Å². The fraction of sp³-hybridized carbons (Fsp3) is 0.286. The molecule has 0 fully saturated rings. The molecule has 20 heavy (non-hydrogen) atoms. The predicted molar refractivity (Wildman–Crippen MR) is 81.0 cm³/mol. The van der Waals surface area contributed by atoms with E-state index in [1.54, 1.807) is 18.2 Å². The van der Waals surface area contributed by atoms with Gasteiger partial charge in [0.1, 0.15) is 5.56 Å². The van der Waals surface area contributed by atoms with Crippen LogP contribution in [0.2, 0.25) is 0 Å². The summed E-state index contributed by atoms with van der Waals surface area (Å²) in [6, 6.07) is 7.05. The number of halogens is 1. The van der Waals surface area contributed by atoms with Gasteiger partial charge in [-0.05, 0) is 12.0 Å². The molecular formula is C14H15BrN2O3. The molecule has 0 saturated carbocycles. The molecule has 2 aromatic rings.